The van der Waals surface area contributed by atoms with Crippen LogP contribution in [0.5, 0.6) is 0 Å². The summed E-state index contributed by atoms with van der Waals surface area (Å²) in [6.07, 6.45) is 2.52. The number of aliphatic hydroxyl groups excluding tert-OH is 1. The third kappa shape index (κ3) is 9.71. The van der Waals surface area contributed by atoms with Crippen molar-refractivity contribution < 1.29 is 27.8 Å². The van der Waals surface area contributed by atoms with Gasteiger partial charge in [0, 0.05) is 36.2 Å². The topological polar surface area (TPSA) is 140 Å². The number of benzene rings is 4. The first-order valence-electron chi connectivity index (χ1n) is 17.1. The summed E-state index contributed by atoms with van der Waals surface area (Å²) in [6.45, 7) is 4.14. The van der Waals surface area contributed by atoms with Gasteiger partial charge in [-0.05, 0) is 53.8 Å². The van der Waals surface area contributed by atoms with Gasteiger partial charge in [-0.15, -0.1) is 0 Å². The van der Waals surface area contributed by atoms with Crippen molar-refractivity contribution >= 4 is 27.7 Å². The molecule has 6 rings (SSSR count). The maximum Gasteiger partial charge on any atom is 0.241 e. The normalized spacial score (nSPS) is 19.5. The van der Waals surface area contributed by atoms with E-state index in [4.69, 9.17) is 9.47 Å². The Bertz CT molecular complexity index is 2000. The van der Waals surface area contributed by atoms with Crippen LogP contribution in [-0.4, -0.2) is 47.3 Å². The van der Waals surface area contributed by atoms with E-state index in [0.717, 1.165) is 33.4 Å². The van der Waals surface area contributed by atoms with Crippen LogP contribution in [0.2, 0.25) is 0 Å². The monoisotopic (exact) mass is 738 g/mol. The van der Waals surface area contributed by atoms with Crippen LogP contribution in [0.3, 0.4) is 0 Å². The fraction of sp³-hybridized carbons (Fsp3) is 0.275. The minimum Gasteiger partial charge on any atom is -0.392 e. The number of aryl methyl sites for hydroxylation is 1. The maximum absolute atomic E-state index is 13.5. The molecular weight excluding hydrogens is 697 g/mol. The molecule has 1 aliphatic heterocycles. The van der Waals surface area contributed by atoms with Crippen LogP contribution in [0.25, 0.3) is 0 Å². The highest BCUT2D eigenvalue weighted by Gasteiger charge is 2.38. The molecule has 2 heterocycles. The van der Waals surface area contributed by atoms with Crippen LogP contribution < -0.4 is 10.0 Å². The molecule has 270 valence electrons. The molecule has 1 fully saturated rings. The lowest BCUT2D eigenvalue weighted by Crippen LogP contribution is -2.47. The molecule has 0 spiro atoms. The summed E-state index contributed by atoms with van der Waals surface area (Å²) in [4.78, 5) is 22.3. The first-order chi connectivity index (χ1) is 25.2. The molecule has 0 unspecified atom stereocenters. The van der Waals surface area contributed by atoms with Crippen molar-refractivity contribution in [2.75, 3.05) is 5.75 Å². The van der Waals surface area contributed by atoms with Gasteiger partial charge in [0.1, 0.15) is 6.04 Å². The molecule has 5 aromatic rings. The number of amides is 1. The summed E-state index contributed by atoms with van der Waals surface area (Å²) in [5.74, 6) is 0.196. The van der Waals surface area contributed by atoms with E-state index in [9.17, 15) is 18.3 Å². The number of nitrogens with one attached hydrogen (secondary N) is 2. The van der Waals surface area contributed by atoms with Crippen LogP contribution in [0, 0.1) is 12.8 Å². The Morgan fingerprint density at radius 3 is 2.15 bits per heavy atom. The number of nitrogens with zero attached hydrogens (tertiary/aromatic N) is 2. The smallest absolute Gasteiger partial charge is 0.241 e. The Kier molecular flexibility index (Phi) is 12.5. The van der Waals surface area contributed by atoms with Crippen molar-refractivity contribution in [3.8, 4) is 0 Å². The molecule has 3 N–H and O–H groups in total. The number of thioether (sulfide) groups is 1. The molecule has 1 aliphatic rings. The van der Waals surface area contributed by atoms with Gasteiger partial charge >= 0.3 is 0 Å². The van der Waals surface area contributed by atoms with E-state index in [0.29, 0.717) is 10.9 Å². The van der Waals surface area contributed by atoms with Crippen LogP contribution in [-0.2, 0) is 43.9 Å². The molecule has 0 radical (unpaired) electrons. The fourth-order valence-corrected chi connectivity index (χ4v) is 8.10. The second kappa shape index (κ2) is 17.4. The Morgan fingerprint density at radius 2 is 1.48 bits per heavy atom. The number of hydrogen-bond acceptors (Lipinski definition) is 9. The van der Waals surface area contributed by atoms with Gasteiger partial charge in [0.25, 0.3) is 0 Å². The Hall–Kier alpha value is -4.43. The standard InChI is InChI=1S/C40H42N4O6S2/c1-27-9-19-34(20-10-27)52(47,48)44-35(23-29-7-4-3-5-8-29)38(46)43-24-30-11-17-33(18-12-30)39-49-36(26-51-40-41-21-6-22-42-40)28(2)37(50-39)32-15-13-31(25-45)14-16-32/h3-22,28,35-37,39,44-45H,23-26H2,1-2H3,(H,43,46)/t28-,35+,36+,37+,39+/m0/s1. The van der Waals surface area contributed by atoms with Gasteiger partial charge in [0.05, 0.1) is 23.7 Å². The molecule has 1 amide bonds. The van der Waals surface area contributed by atoms with Crippen molar-refractivity contribution in [2.24, 2.45) is 5.92 Å². The number of carbonyl (C=O) groups is 1. The predicted octanol–water partition coefficient (Wildman–Crippen LogP) is 6.07. The summed E-state index contributed by atoms with van der Waals surface area (Å²) in [5.41, 5.74) is 5.22. The summed E-state index contributed by atoms with van der Waals surface area (Å²) in [5, 5.41) is 13.2. The van der Waals surface area contributed by atoms with Gasteiger partial charge in [-0.3, -0.25) is 4.79 Å². The van der Waals surface area contributed by atoms with E-state index in [-0.39, 0.29) is 42.6 Å². The largest absolute Gasteiger partial charge is 0.392 e. The number of hydrogen-bond donors (Lipinski definition) is 3. The van der Waals surface area contributed by atoms with Crippen LogP contribution in [0.15, 0.2) is 132 Å². The predicted molar refractivity (Wildman–Crippen MR) is 199 cm³/mol. The molecule has 52 heavy (non-hydrogen) atoms. The number of rotatable bonds is 14. The van der Waals surface area contributed by atoms with E-state index in [1.54, 1.807) is 30.6 Å². The van der Waals surface area contributed by atoms with Crippen molar-refractivity contribution in [3.05, 3.63) is 155 Å². The lowest BCUT2D eigenvalue weighted by Gasteiger charge is -2.41. The van der Waals surface area contributed by atoms with Gasteiger partial charge in [0.15, 0.2) is 11.4 Å². The van der Waals surface area contributed by atoms with Crippen molar-refractivity contribution in [1.82, 2.24) is 20.0 Å². The number of aromatic nitrogens is 2. The average molecular weight is 739 g/mol. The molecule has 0 saturated carbocycles. The zero-order chi connectivity index (χ0) is 36.5. The molecule has 12 heteroatoms. The molecule has 10 nitrogen and oxygen atoms in total. The summed E-state index contributed by atoms with van der Waals surface area (Å²) in [7, 11) is -3.96. The first-order valence-corrected chi connectivity index (χ1v) is 19.6. The quantitative estimate of drug-likeness (QED) is 0.0916. The molecule has 0 bridgehead atoms. The molecule has 0 aliphatic carbocycles. The minimum absolute atomic E-state index is 0.00851. The Morgan fingerprint density at radius 1 is 0.827 bits per heavy atom. The van der Waals surface area contributed by atoms with Gasteiger partial charge in [-0.25, -0.2) is 18.4 Å². The summed E-state index contributed by atoms with van der Waals surface area (Å²) >= 11 is 1.53. The lowest BCUT2D eigenvalue weighted by atomic mass is 9.91. The van der Waals surface area contributed by atoms with E-state index >= 15 is 0 Å². The number of aliphatic hydroxyl groups is 1. The average Bonchev–Trinajstić information content (AvgIpc) is 3.17. The first kappa shape index (κ1) is 37.3. The van der Waals surface area contributed by atoms with Gasteiger partial charge in [-0.2, -0.15) is 4.72 Å². The van der Waals surface area contributed by atoms with Crippen molar-refractivity contribution in [3.63, 3.8) is 0 Å². The lowest BCUT2D eigenvalue weighted by molar-refractivity contribution is -0.268. The van der Waals surface area contributed by atoms with E-state index in [1.807, 2.05) is 85.8 Å². The molecule has 1 aromatic heterocycles. The minimum atomic E-state index is -3.96. The highest BCUT2D eigenvalue weighted by atomic mass is 32.2. The molecule has 4 aromatic carbocycles. The zero-order valence-corrected chi connectivity index (χ0v) is 30.6. The number of carbonyl (C=O) groups excluding carboxylic acids is 1. The van der Waals surface area contributed by atoms with Gasteiger partial charge in [0.2, 0.25) is 15.9 Å². The number of sulfonamides is 1. The van der Waals surface area contributed by atoms with Crippen molar-refractivity contribution in [1.29, 1.82) is 0 Å². The third-order valence-electron chi connectivity index (χ3n) is 8.99. The summed E-state index contributed by atoms with van der Waals surface area (Å²) in [6, 6.07) is 32.0. The highest BCUT2D eigenvalue weighted by molar-refractivity contribution is 7.99. The van der Waals surface area contributed by atoms with Gasteiger partial charge in [-0.1, -0.05) is 115 Å². The van der Waals surface area contributed by atoms with Crippen molar-refractivity contribution in [2.45, 2.75) is 68.0 Å². The van der Waals surface area contributed by atoms with Crippen LogP contribution in [0.4, 0.5) is 0 Å². The van der Waals surface area contributed by atoms with E-state index in [1.165, 1.54) is 23.9 Å². The SMILES string of the molecule is Cc1ccc(S(=O)(=O)N[C@H](Cc2ccccc2)C(=O)NCc2ccc([C@@H]3O[C@H](CSc4ncccn4)[C@H](C)[C@H](c4ccc(CO)cc4)O3)cc2)cc1. The second-order valence-corrected chi connectivity index (χ2v) is 15.5. The van der Waals surface area contributed by atoms with Gasteiger partial charge < -0.3 is 19.9 Å². The maximum atomic E-state index is 13.5. The van der Waals surface area contributed by atoms with E-state index < -0.39 is 28.3 Å². The summed E-state index contributed by atoms with van der Waals surface area (Å²) < 4.78 is 42.3. The van der Waals surface area contributed by atoms with Crippen LogP contribution >= 0.6 is 11.8 Å². The molecular formula is C40H42N4O6S2. The Labute approximate surface area is 309 Å². The fourth-order valence-electron chi connectivity index (χ4n) is 5.94. The van der Waals surface area contributed by atoms with Crippen LogP contribution in [0.1, 0.15) is 52.7 Å². The number of ether oxygens (including phenoxy) is 2. The second-order valence-electron chi connectivity index (χ2n) is 12.8. The zero-order valence-electron chi connectivity index (χ0n) is 29.0. The molecule has 5 atom stereocenters. The highest BCUT2D eigenvalue weighted by Crippen LogP contribution is 2.42. The molecule has 1 saturated heterocycles. The van der Waals surface area contributed by atoms with E-state index in [2.05, 4.69) is 26.9 Å². The Balaban J connectivity index is 1.15. The third-order valence-corrected chi connectivity index (χ3v) is 11.4.